The lowest BCUT2D eigenvalue weighted by Crippen LogP contribution is -2.40. The standard InChI is InChI=1S/C19H21N5O5/c1-23(9-17-10-26-6-7-27-17)19(25)18-8-16(29-22-18)11-28-15-4-2-14(3-5-15)24-13-20-12-21-24/h2-5,8,12-13,17H,6-7,9-11H2,1H3/t17-/m0/s1. The van der Waals surface area contributed by atoms with Gasteiger partial charge in [-0.1, -0.05) is 5.16 Å². The van der Waals surface area contributed by atoms with Crippen molar-refractivity contribution in [3.63, 3.8) is 0 Å². The molecule has 3 heterocycles. The van der Waals surface area contributed by atoms with Gasteiger partial charge in [-0.15, -0.1) is 0 Å². The molecule has 1 aliphatic rings. The summed E-state index contributed by atoms with van der Waals surface area (Å²) in [5.41, 5.74) is 1.10. The zero-order valence-corrected chi connectivity index (χ0v) is 15.9. The molecular formula is C19H21N5O5. The molecule has 0 spiro atoms. The predicted octanol–water partition coefficient (Wildman–Crippen LogP) is 1.32. The number of amides is 1. The zero-order valence-electron chi connectivity index (χ0n) is 15.9. The van der Waals surface area contributed by atoms with E-state index in [0.717, 1.165) is 5.69 Å². The van der Waals surface area contributed by atoms with E-state index in [-0.39, 0.29) is 24.3 Å². The fraction of sp³-hybridized carbons (Fsp3) is 0.368. The molecule has 2 aromatic heterocycles. The molecule has 1 amide bonds. The first kappa shape index (κ1) is 19.1. The molecular weight excluding hydrogens is 378 g/mol. The van der Waals surface area contributed by atoms with Crippen molar-refractivity contribution in [3.05, 3.63) is 54.4 Å². The number of ether oxygens (including phenoxy) is 3. The van der Waals surface area contributed by atoms with Gasteiger partial charge in [-0.3, -0.25) is 4.79 Å². The summed E-state index contributed by atoms with van der Waals surface area (Å²) >= 11 is 0. The summed E-state index contributed by atoms with van der Waals surface area (Å²) in [7, 11) is 1.70. The molecule has 0 unspecified atom stereocenters. The number of carbonyl (C=O) groups excluding carboxylic acids is 1. The van der Waals surface area contributed by atoms with Gasteiger partial charge in [0.1, 0.15) is 25.0 Å². The molecule has 4 rings (SSSR count). The SMILES string of the molecule is CN(C[C@H]1COCCO1)C(=O)c1cc(COc2ccc(-n3cncn3)cc2)on1. The number of hydrogen-bond acceptors (Lipinski definition) is 8. The number of aromatic nitrogens is 4. The van der Waals surface area contributed by atoms with Crippen LogP contribution in [0.4, 0.5) is 0 Å². The molecule has 1 saturated heterocycles. The minimum atomic E-state index is -0.244. The Kier molecular flexibility index (Phi) is 5.82. The van der Waals surface area contributed by atoms with Crippen LogP contribution in [0.1, 0.15) is 16.2 Å². The van der Waals surface area contributed by atoms with Gasteiger partial charge in [0.25, 0.3) is 5.91 Å². The fourth-order valence-corrected chi connectivity index (χ4v) is 2.90. The van der Waals surface area contributed by atoms with Crippen molar-refractivity contribution in [2.75, 3.05) is 33.4 Å². The van der Waals surface area contributed by atoms with Crippen molar-refractivity contribution in [2.24, 2.45) is 0 Å². The number of benzene rings is 1. The third-order valence-corrected chi connectivity index (χ3v) is 4.39. The van der Waals surface area contributed by atoms with E-state index >= 15 is 0 Å². The monoisotopic (exact) mass is 399 g/mol. The highest BCUT2D eigenvalue weighted by molar-refractivity contribution is 5.92. The molecule has 10 heteroatoms. The maximum absolute atomic E-state index is 12.5. The van der Waals surface area contributed by atoms with Crippen molar-refractivity contribution < 1.29 is 23.5 Å². The van der Waals surface area contributed by atoms with Crippen molar-refractivity contribution in [1.29, 1.82) is 0 Å². The van der Waals surface area contributed by atoms with Gasteiger partial charge in [0.15, 0.2) is 11.5 Å². The lowest BCUT2D eigenvalue weighted by Gasteiger charge is -2.27. The topological polar surface area (TPSA) is 105 Å². The first-order chi connectivity index (χ1) is 14.2. The molecule has 10 nitrogen and oxygen atoms in total. The van der Waals surface area contributed by atoms with Crippen LogP contribution in [0.2, 0.25) is 0 Å². The van der Waals surface area contributed by atoms with E-state index in [1.165, 1.54) is 6.33 Å². The number of hydrogen-bond donors (Lipinski definition) is 0. The third kappa shape index (κ3) is 4.79. The average Bonchev–Trinajstić information content (AvgIpc) is 3.45. The summed E-state index contributed by atoms with van der Waals surface area (Å²) in [6, 6.07) is 8.95. The predicted molar refractivity (Wildman–Crippen MR) is 99.7 cm³/mol. The van der Waals surface area contributed by atoms with Crippen molar-refractivity contribution in [1.82, 2.24) is 24.8 Å². The number of rotatable bonds is 7. The van der Waals surface area contributed by atoms with Gasteiger partial charge < -0.3 is 23.6 Å². The second kappa shape index (κ2) is 8.84. The first-order valence-electron chi connectivity index (χ1n) is 9.17. The maximum atomic E-state index is 12.5. The van der Waals surface area contributed by atoms with Crippen LogP contribution in [0.3, 0.4) is 0 Å². The Morgan fingerprint density at radius 3 is 2.90 bits per heavy atom. The van der Waals surface area contributed by atoms with Crippen molar-refractivity contribution in [2.45, 2.75) is 12.7 Å². The van der Waals surface area contributed by atoms with Crippen LogP contribution in [0, 0.1) is 0 Å². The van der Waals surface area contributed by atoms with Crippen LogP contribution in [0.15, 0.2) is 47.5 Å². The van der Waals surface area contributed by atoms with E-state index in [1.807, 2.05) is 24.3 Å². The molecule has 3 aromatic rings. The molecule has 1 atom stereocenters. The minimum Gasteiger partial charge on any atom is -0.486 e. The Balaban J connectivity index is 1.30. The molecule has 0 N–H and O–H groups in total. The van der Waals surface area contributed by atoms with Crippen molar-refractivity contribution >= 4 is 5.91 Å². The summed E-state index contributed by atoms with van der Waals surface area (Å²) < 4.78 is 23.5. The molecule has 1 aromatic carbocycles. The number of carbonyl (C=O) groups is 1. The zero-order chi connectivity index (χ0) is 20.1. The Labute approximate surface area is 167 Å². The molecule has 1 fully saturated rings. The molecule has 0 saturated carbocycles. The van der Waals surface area contributed by atoms with E-state index < -0.39 is 0 Å². The molecule has 0 aliphatic carbocycles. The van der Waals surface area contributed by atoms with Crippen LogP contribution in [0.25, 0.3) is 5.69 Å². The van der Waals surface area contributed by atoms with Gasteiger partial charge in [0, 0.05) is 19.7 Å². The number of nitrogens with zero attached hydrogens (tertiary/aromatic N) is 5. The van der Waals surface area contributed by atoms with Crippen LogP contribution < -0.4 is 4.74 Å². The van der Waals surface area contributed by atoms with Gasteiger partial charge in [-0.2, -0.15) is 5.10 Å². The van der Waals surface area contributed by atoms with E-state index in [9.17, 15) is 4.79 Å². The Hall–Kier alpha value is -3.24. The highest BCUT2D eigenvalue weighted by atomic mass is 16.6. The minimum absolute atomic E-state index is 0.132. The Bertz CT molecular complexity index is 919. The summed E-state index contributed by atoms with van der Waals surface area (Å²) in [6.45, 7) is 2.19. The van der Waals surface area contributed by atoms with Gasteiger partial charge in [-0.25, -0.2) is 9.67 Å². The van der Waals surface area contributed by atoms with Crippen molar-refractivity contribution in [3.8, 4) is 11.4 Å². The first-order valence-corrected chi connectivity index (χ1v) is 9.17. The number of likely N-dealkylation sites (N-methyl/N-ethyl adjacent to an activating group) is 1. The smallest absolute Gasteiger partial charge is 0.275 e. The summed E-state index contributed by atoms with van der Waals surface area (Å²) in [5, 5.41) is 7.92. The molecule has 0 bridgehead atoms. The normalized spacial score (nSPS) is 16.5. The lowest BCUT2D eigenvalue weighted by molar-refractivity contribution is -0.0934. The molecule has 1 aliphatic heterocycles. The van der Waals surface area contributed by atoms with Crippen LogP contribution in [0.5, 0.6) is 5.75 Å². The second-order valence-electron chi connectivity index (χ2n) is 6.55. The van der Waals surface area contributed by atoms with Gasteiger partial charge >= 0.3 is 0 Å². The Morgan fingerprint density at radius 1 is 1.31 bits per heavy atom. The second-order valence-corrected chi connectivity index (χ2v) is 6.55. The van der Waals surface area contributed by atoms with Crippen LogP contribution >= 0.6 is 0 Å². The van der Waals surface area contributed by atoms with E-state index in [4.69, 9.17) is 18.7 Å². The third-order valence-electron chi connectivity index (χ3n) is 4.39. The quantitative estimate of drug-likeness (QED) is 0.586. The van der Waals surface area contributed by atoms with E-state index in [2.05, 4.69) is 15.2 Å². The molecule has 152 valence electrons. The summed E-state index contributed by atoms with van der Waals surface area (Å²) in [5.74, 6) is 0.871. The highest BCUT2D eigenvalue weighted by Crippen LogP contribution is 2.17. The Morgan fingerprint density at radius 2 is 2.17 bits per heavy atom. The largest absolute Gasteiger partial charge is 0.486 e. The van der Waals surface area contributed by atoms with Crippen LogP contribution in [-0.4, -0.2) is 70.2 Å². The highest BCUT2D eigenvalue weighted by Gasteiger charge is 2.22. The van der Waals surface area contributed by atoms with Gasteiger partial charge in [0.05, 0.1) is 31.6 Å². The molecule has 0 radical (unpaired) electrons. The van der Waals surface area contributed by atoms with Gasteiger partial charge in [-0.05, 0) is 24.3 Å². The van der Waals surface area contributed by atoms with E-state index in [0.29, 0.717) is 37.9 Å². The maximum Gasteiger partial charge on any atom is 0.275 e. The van der Waals surface area contributed by atoms with Gasteiger partial charge in [0.2, 0.25) is 0 Å². The average molecular weight is 399 g/mol. The molecule has 29 heavy (non-hydrogen) atoms. The van der Waals surface area contributed by atoms with E-state index in [1.54, 1.807) is 29.0 Å². The summed E-state index contributed by atoms with van der Waals surface area (Å²) in [4.78, 5) is 18.0. The fourth-order valence-electron chi connectivity index (χ4n) is 2.90. The lowest BCUT2D eigenvalue weighted by atomic mass is 10.3. The summed E-state index contributed by atoms with van der Waals surface area (Å²) in [6.07, 6.45) is 2.96. The van der Waals surface area contributed by atoms with Crippen LogP contribution in [-0.2, 0) is 16.1 Å².